The molecule has 1 nitrogen and oxygen atoms in total. The third kappa shape index (κ3) is 3.71. The summed E-state index contributed by atoms with van der Waals surface area (Å²) in [6, 6.07) is 5.92. The normalized spacial score (nSPS) is 9.36. The van der Waals surface area contributed by atoms with E-state index in [1.54, 1.807) is 0 Å². The van der Waals surface area contributed by atoms with E-state index in [9.17, 15) is 0 Å². The number of halogens is 2. The second kappa shape index (κ2) is 6.08. The van der Waals surface area contributed by atoms with Gasteiger partial charge in [0.2, 0.25) is 0 Å². The van der Waals surface area contributed by atoms with Gasteiger partial charge in [-0.3, -0.25) is 0 Å². The smallest absolute Gasteiger partial charge is 0.0578 e. The number of hydrogen-bond donors (Lipinski definition) is 1. The first kappa shape index (κ1) is 11.6. The first-order chi connectivity index (χ1) is 6.74. The molecule has 0 saturated carbocycles. The van der Waals surface area contributed by atoms with Crippen LogP contribution in [-0.4, -0.2) is 6.54 Å². The molecular weight excluding hydrogens is 261 g/mol. The average molecular weight is 273 g/mol. The summed E-state index contributed by atoms with van der Waals surface area (Å²) in [6.45, 7) is 3.34. The number of hydrogen-bond acceptors (Lipinski definition) is 1. The van der Waals surface area contributed by atoms with Crippen LogP contribution in [0.5, 0.6) is 0 Å². The molecule has 0 unspecified atom stereocenters. The standard InChI is InChI=1S/C11H11BrClN/c1-2-3-6-14-8-9-4-5-10(12)11(13)7-9/h4-5,7,14H,6,8H2,1H3. The lowest BCUT2D eigenvalue weighted by Crippen LogP contribution is -2.12. The van der Waals surface area contributed by atoms with Crippen LogP contribution in [0.4, 0.5) is 0 Å². The van der Waals surface area contributed by atoms with Crippen molar-refractivity contribution < 1.29 is 0 Å². The van der Waals surface area contributed by atoms with Gasteiger partial charge in [0.25, 0.3) is 0 Å². The summed E-state index contributed by atoms with van der Waals surface area (Å²) in [4.78, 5) is 0. The first-order valence-electron chi connectivity index (χ1n) is 4.28. The van der Waals surface area contributed by atoms with Crippen LogP contribution in [0.15, 0.2) is 22.7 Å². The fraction of sp³-hybridized carbons (Fsp3) is 0.273. The Balaban J connectivity index is 2.50. The van der Waals surface area contributed by atoms with Crippen LogP contribution >= 0.6 is 27.5 Å². The molecule has 0 radical (unpaired) electrons. The molecule has 0 heterocycles. The quantitative estimate of drug-likeness (QED) is 0.658. The zero-order valence-corrected chi connectivity index (χ0v) is 10.2. The predicted molar refractivity (Wildman–Crippen MR) is 64.3 cm³/mol. The van der Waals surface area contributed by atoms with Gasteiger partial charge in [0.15, 0.2) is 0 Å². The minimum absolute atomic E-state index is 0.712. The van der Waals surface area contributed by atoms with Crippen molar-refractivity contribution in [3.63, 3.8) is 0 Å². The van der Waals surface area contributed by atoms with Crippen LogP contribution in [0, 0.1) is 11.8 Å². The number of nitrogens with one attached hydrogen (secondary N) is 1. The molecule has 3 heteroatoms. The molecule has 1 aromatic rings. The van der Waals surface area contributed by atoms with E-state index in [0.717, 1.165) is 21.6 Å². The highest BCUT2D eigenvalue weighted by atomic mass is 79.9. The lowest BCUT2D eigenvalue weighted by Gasteiger charge is -2.03. The van der Waals surface area contributed by atoms with Gasteiger partial charge in [-0.2, -0.15) is 0 Å². The van der Waals surface area contributed by atoms with Gasteiger partial charge in [-0.05, 0) is 40.5 Å². The maximum atomic E-state index is 5.95. The zero-order valence-electron chi connectivity index (χ0n) is 7.90. The van der Waals surface area contributed by atoms with E-state index in [1.165, 1.54) is 0 Å². The highest BCUT2D eigenvalue weighted by molar-refractivity contribution is 9.10. The van der Waals surface area contributed by atoms with Crippen molar-refractivity contribution in [2.45, 2.75) is 13.5 Å². The molecular formula is C11H11BrClN. The van der Waals surface area contributed by atoms with Crippen LogP contribution < -0.4 is 5.32 Å². The predicted octanol–water partition coefficient (Wildman–Crippen LogP) is 3.22. The fourth-order valence-electron chi connectivity index (χ4n) is 1.01. The van der Waals surface area contributed by atoms with E-state index in [1.807, 2.05) is 25.1 Å². The van der Waals surface area contributed by atoms with E-state index >= 15 is 0 Å². The van der Waals surface area contributed by atoms with Crippen LogP contribution in [0.2, 0.25) is 5.02 Å². The Kier molecular flexibility index (Phi) is 5.03. The lowest BCUT2D eigenvalue weighted by molar-refractivity contribution is 0.770. The molecule has 0 fully saturated rings. The third-order valence-corrected chi connectivity index (χ3v) is 2.94. The summed E-state index contributed by atoms with van der Waals surface area (Å²) >= 11 is 9.30. The van der Waals surface area contributed by atoms with Crippen molar-refractivity contribution in [2.75, 3.05) is 6.54 Å². The Morgan fingerprint density at radius 2 is 2.29 bits per heavy atom. The molecule has 0 saturated heterocycles. The molecule has 14 heavy (non-hydrogen) atoms. The van der Waals surface area contributed by atoms with Gasteiger partial charge in [0.1, 0.15) is 0 Å². The molecule has 1 rings (SSSR count). The molecule has 0 spiro atoms. The number of benzene rings is 1. The van der Waals surface area contributed by atoms with Crippen molar-refractivity contribution in [3.8, 4) is 11.8 Å². The minimum Gasteiger partial charge on any atom is -0.302 e. The van der Waals surface area contributed by atoms with Gasteiger partial charge >= 0.3 is 0 Å². The molecule has 0 aliphatic rings. The van der Waals surface area contributed by atoms with E-state index < -0.39 is 0 Å². The summed E-state index contributed by atoms with van der Waals surface area (Å²) < 4.78 is 0.927. The van der Waals surface area contributed by atoms with Crippen LogP contribution in [0.25, 0.3) is 0 Å². The Hall–Kier alpha value is -0.490. The maximum Gasteiger partial charge on any atom is 0.0578 e. The monoisotopic (exact) mass is 271 g/mol. The van der Waals surface area contributed by atoms with Crippen molar-refractivity contribution in [3.05, 3.63) is 33.3 Å². The molecule has 0 aliphatic heterocycles. The molecule has 0 atom stereocenters. The molecule has 0 bridgehead atoms. The summed E-state index contributed by atoms with van der Waals surface area (Å²) in [5.74, 6) is 5.77. The summed E-state index contributed by atoms with van der Waals surface area (Å²) in [7, 11) is 0. The van der Waals surface area contributed by atoms with Gasteiger partial charge in [-0.25, -0.2) is 0 Å². The van der Waals surface area contributed by atoms with Gasteiger partial charge < -0.3 is 5.32 Å². The van der Waals surface area contributed by atoms with E-state index in [0.29, 0.717) is 6.54 Å². The largest absolute Gasteiger partial charge is 0.302 e. The van der Waals surface area contributed by atoms with E-state index in [4.69, 9.17) is 11.6 Å². The summed E-state index contributed by atoms with van der Waals surface area (Å²) in [5.41, 5.74) is 1.16. The maximum absolute atomic E-state index is 5.95. The minimum atomic E-state index is 0.712. The van der Waals surface area contributed by atoms with Crippen LogP contribution in [0.3, 0.4) is 0 Å². The van der Waals surface area contributed by atoms with Crippen LogP contribution in [-0.2, 0) is 6.54 Å². The van der Waals surface area contributed by atoms with Gasteiger partial charge in [-0.15, -0.1) is 5.92 Å². The highest BCUT2D eigenvalue weighted by Crippen LogP contribution is 2.22. The summed E-state index contributed by atoms with van der Waals surface area (Å²) in [5, 5.41) is 3.94. The second-order valence-corrected chi connectivity index (χ2v) is 4.04. The molecule has 74 valence electrons. The number of rotatable bonds is 3. The zero-order chi connectivity index (χ0) is 10.4. The van der Waals surface area contributed by atoms with E-state index in [2.05, 4.69) is 33.1 Å². The second-order valence-electron chi connectivity index (χ2n) is 2.78. The van der Waals surface area contributed by atoms with Crippen molar-refractivity contribution in [1.29, 1.82) is 0 Å². The van der Waals surface area contributed by atoms with Crippen molar-refractivity contribution >= 4 is 27.5 Å². The Morgan fingerprint density at radius 1 is 1.50 bits per heavy atom. The van der Waals surface area contributed by atoms with Gasteiger partial charge in [-0.1, -0.05) is 23.6 Å². The Labute approximate surface area is 98.0 Å². The average Bonchev–Trinajstić information content (AvgIpc) is 2.18. The lowest BCUT2D eigenvalue weighted by atomic mass is 10.2. The van der Waals surface area contributed by atoms with Crippen molar-refractivity contribution in [1.82, 2.24) is 5.32 Å². The third-order valence-electron chi connectivity index (χ3n) is 1.70. The van der Waals surface area contributed by atoms with Gasteiger partial charge in [0.05, 0.1) is 11.6 Å². The Morgan fingerprint density at radius 3 is 2.93 bits per heavy atom. The van der Waals surface area contributed by atoms with Crippen molar-refractivity contribution in [2.24, 2.45) is 0 Å². The molecule has 0 aliphatic carbocycles. The highest BCUT2D eigenvalue weighted by Gasteiger charge is 1.97. The molecule has 0 amide bonds. The van der Waals surface area contributed by atoms with Gasteiger partial charge in [0, 0.05) is 11.0 Å². The molecule has 1 N–H and O–H groups in total. The van der Waals surface area contributed by atoms with E-state index in [-0.39, 0.29) is 0 Å². The topological polar surface area (TPSA) is 12.0 Å². The first-order valence-corrected chi connectivity index (χ1v) is 5.45. The van der Waals surface area contributed by atoms with Crippen LogP contribution in [0.1, 0.15) is 12.5 Å². The SMILES string of the molecule is CC#CCNCc1ccc(Br)c(Cl)c1. The Bertz CT molecular complexity index is 365. The summed E-state index contributed by atoms with van der Waals surface area (Å²) in [6.07, 6.45) is 0. The fourth-order valence-corrected chi connectivity index (χ4v) is 1.46. The molecule has 0 aromatic heterocycles. The molecule has 1 aromatic carbocycles.